The Hall–Kier alpha value is -1.78. The molecule has 0 aliphatic carbocycles. The second-order valence-corrected chi connectivity index (χ2v) is 6.00. The van der Waals surface area contributed by atoms with Gasteiger partial charge < -0.3 is 4.90 Å². The van der Waals surface area contributed by atoms with Crippen LogP contribution in [-0.2, 0) is 0 Å². The monoisotopic (exact) mass is 283 g/mol. The Morgan fingerprint density at radius 3 is 2.50 bits per heavy atom. The van der Waals surface area contributed by atoms with E-state index in [1.54, 1.807) is 11.3 Å². The van der Waals surface area contributed by atoms with Gasteiger partial charge in [0.2, 0.25) is 0 Å². The third-order valence-corrected chi connectivity index (χ3v) is 4.44. The minimum atomic E-state index is 0.420. The van der Waals surface area contributed by atoms with Gasteiger partial charge in [-0.3, -0.25) is 0 Å². The molecule has 20 heavy (non-hydrogen) atoms. The Labute approximate surface area is 122 Å². The molecule has 2 aromatic heterocycles. The molecule has 1 aromatic carbocycles. The predicted octanol–water partition coefficient (Wildman–Crippen LogP) is 3.98. The average Bonchev–Trinajstić information content (AvgIpc) is 2.94. The van der Waals surface area contributed by atoms with Crippen molar-refractivity contribution in [1.82, 2.24) is 14.9 Å². The molecule has 0 aliphatic heterocycles. The van der Waals surface area contributed by atoms with Crippen molar-refractivity contribution in [2.24, 2.45) is 0 Å². The molecule has 0 radical (unpaired) electrons. The summed E-state index contributed by atoms with van der Waals surface area (Å²) in [7, 11) is 4.19. The molecule has 0 spiro atoms. The van der Waals surface area contributed by atoms with Crippen LogP contribution < -0.4 is 0 Å². The van der Waals surface area contributed by atoms with Crippen LogP contribution in [0.2, 0.25) is 0 Å². The number of fused-ring (bicyclic) bond motifs is 1. The van der Waals surface area contributed by atoms with Crippen LogP contribution in [0.15, 0.2) is 42.0 Å². The molecule has 0 aliphatic rings. The molecule has 3 aromatic rings. The molecule has 3 nitrogen and oxygen atoms in total. The smallest absolute Gasteiger partial charge is 0.143 e. The zero-order valence-corrected chi connectivity index (χ0v) is 12.7. The average molecular weight is 283 g/mol. The summed E-state index contributed by atoms with van der Waals surface area (Å²) in [5.41, 5.74) is 6.43. The van der Waals surface area contributed by atoms with Gasteiger partial charge in [0.1, 0.15) is 10.3 Å². The van der Waals surface area contributed by atoms with E-state index in [4.69, 9.17) is 0 Å². The first kappa shape index (κ1) is 13.2. The summed E-state index contributed by atoms with van der Waals surface area (Å²) in [5, 5.41) is 0. The van der Waals surface area contributed by atoms with Crippen LogP contribution in [0.4, 0.5) is 0 Å². The van der Waals surface area contributed by atoms with E-state index in [-0.39, 0.29) is 0 Å². The van der Waals surface area contributed by atoms with Gasteiger partial charge in [-0.2, -0.15) is 0 Å². The molecule has 1 atom stereocenters. The van der Waals surface area contributed by atoms with Crippen molar-refractivity contribution >= 4 is 21.7 Å². The van der Waals surface area contributed by atoms with E-state index in [2.05, 4.69) is 66.2 Å². The van der Waals surface area contributed by atoms with E-state index < -0.39 is 0 Å². The Morgan fingerprint density at radius 2 is 1.80 bits per heavy atom. The maximum atomic E-state index is 4.45. The number of nitrogens with zero attached hydrogens (tertiary/aromatic N) is 3. The number of benzene rings is 1. The summed E-state index contributed by atoms with van der Waals surface area (Å²) in [4.78, 5) is 12.0. The van der Waals surface area contributed by atoms with Crippen LogP contribution in [0.1, 0.15) is 18.5 Å². The summed E-state index contributed by atoms with van der Waals surface area (Å²) < 4.78 is 0. The van der Waals surface area contributed by atoms with Gasteiger partial charge in [-0.1, -0.05) is 24.3 Å². The molecular weight excluding hydrogens is 266 g/mol. The highest BCUT2D eigenvalue weighted by Crippen LogP contribution is 2.26. The van der Waals surface area contributed by atoms with E-state index in [0.29, 0.717) is 6.04 Å². The van der Waals surface area contributed by atoms with E-state index in [1.165, 1.54) is 11.1 Å². The number of hydrogen-bond donors (Lipinski definition) is 0. The largest absolute Gasteiger partial charge is 0.303 e. The number of aromatic nitrogens is 2. The Morgan fingerprint density at radius 1 is 1.05 bits per heavy atom. The number of rotatable bonds is 3. The number of pyridine rings is 1. The lowest BCUT2D eigenvalue weighted by atomic mass is 10.0. The van der Waals surface area contributed by atoms with E-state index >= 15 is 0 Å². The summed E-state index contributed by atoms with van der Waals surface area (Å²) in [6.45, 7) is 2.21. The molecule has 1 unspecified atom stereocenters. The lowest BCUT2D eigenvalue weighted by Gasteiger charge is -2.20. The zero-order chi connectivity index (χ0) is 14.1. The number of hydrogen-bond acceptors (Lipinski definition) is 4. The van der Waals surface area contributed by atoms with Crippen LogP contribution >= 0.6 is 11.3 Å². The lowest BCUT2D eigenvalue weighted by molar-refractivity contribution is 0.321. The molecule has 0 fully saturated rings. The van der Waals surface area contributed by atoms with E-state index in [9.17, 15) is 0 Å². The molecule has 0 saturated carbocycles. The summed E-state index contributed by atoms with van der Waals surface area (Å²) in [6, 6.07) is 11.2. The van der Waals surface area contributed by atoms with E-state index in [0.717, 1.165) is 15.9 Å². The van der Waals surface area contributed by atoms with Crippen LogP contribution in [0.3, 0.4) is 0 Å². The first-order valence-corrected chi connectivity index (χ1v) is 7.49. The van der Waals surface area contributed by atoms with Crippen molar-refractivity contribution in [3.63, 3.8) is 0 Å². The fourth-order valence-electron chi connectivity index (χ4n) is 2.17. The second kappa shape index (κ2) is 5.31. The third kappa shape index (κ3) is 2.44. The van der Waals surface area contributed by atoms with Gasteiger partial charge in [0.25, 0.3) is 0 Å². The zero-order valence-electron chi connectivity index (χ0n) is 11.9. The van der Waals surface area contributed by atoms with Crippen LogP contribution in [0, 0.1) is 0 Å². The van der Waals surface area contributed by atoms with Crippen molar-refractivity contribution < 1.29 is 0 Å². The molecule has 0 N–H and O–H groups in total. The minimum absolute atomic E-state index is 0.420. The standard InChI is InChI=1S/C16H17N3S/c1-11(19(2)3)12-4-6-13(7-5-12)14-8-15-16(17-9-14)20-10-18-15/h4-11H,1-3H3. The fourth-order valence-corrected chi connectivity index (χ4v) is 2.78. The molecule has 0 bridgehead atoms. The van der Waals surface area contributed by atoms with Gasteiger partial charge in [-0.15, -0.1) is 11.3 Å². The van der Waals surface area contributed by atoms with Crippen molar-refractivity contribution in [2.75, 3.05) is 14.1 Å². The second-order valence-electron chi connectivity index (χ2n) is 5.16. The van der Waals surface area contributed by atoms with Gasteiger partial charge >= 0.3 is 0 Å². The van der Waals surface area contributed by atoms with Crippen molar-refractivity contribution in [2.45, 2.75) is 13.0 Å². The summed E-state index contributed by atoms with van der Waals surface area (Å²) in [5.74, 6) is 0. The first-order chi connectivity index (χ1) is 9.65. The molecule has 3 rings (SSSR count). The Balaban J connectivity index is 1.94. The first-order valence-electron chi connectivity index (χ1n) is 6.61. The highest BCUT2D eigenvalue weighted by molar-refractivity contribution is 7.16. The van der Waals surface area contributed by atoms with Gasteiger partial charge in [-0.25, -0.2) is 9.97 Å². The molecule has 102 valence electrons. The van der Waals surface area contributed by atoms with Crippen LogP contribution in [-0.4, -0.2) is 29.0 Å². The summed E-state index contributed by atoms with van der Waals surface area (Å²) in [6.07, 6.45) is 1.92. The molecular formula is C16H17N3S. The van der Waals surface area contributed by atoms with E-state index in [1.807, 2.05) is 11.7 Å². The molecule has 4 heteroatoms. The normalized spacial score (nSPS) is 13.0. The molecule has 0 amide bonds. The highest BCUT2D eigenvalue weighted by Gasteiger charge is 2.08. The van der Waals surface area contributed by atoms with Crippen LogP contribution in [0.5, 0.6) is 0 Å². The SMILES string of the molecule is CC(c1ccc(-c2cnc3scnc3c2)cc1)N(C)C. The lowest BCUT2D eigenvalue weighted by Crippen LogP contribution is -2.16. The summed E-state index contributed by atoms with van der Waals surface area (Å²) >= 11 is 1.57. The van der Waals surface area contributed by atoms with Crippen molar-refractivity contribution in [3.05, 3.63) is 47.6 Å². The molecule has 2 heterocycles. The highest BCUT2D eigenvalue weighted by atomic mass is 32.1. The van der Waals surface area contributed by atoms with Gasteiger partial charge in [-0.05, 0) is 38.2 Å². The van der Waals surface area contributed by atoms with Gasteiger partial charge in [0.05, 0.1) is 5.51 Å². The maximum Gasteiger partial charge on any atom is 0.143 e. The number of thiazole rings is 1. The minimum Gasteiger partial charge on any atom is -0.303 e. The fraction of sp³-hybridized carbons (Fsp3) is 0.250. The quantitative estimate of drug-likeness (QED) is 0.728. The van der Waals surface area contributed by atoms with Crippen molar-refractivity contribution in [3.8, 4) is 11.1 Å². The van der Waals surface area contributed by atoms with Crippen LogP contribution in [0.25, 0.3) is 21.5 Å². The Kier molecular flexibility index (Phi) is 3.51. The topological polar surface area (TPSA) is 29.0 Å². The van der Waals surface area contributed by atoms with Gasteiger partial charge in [0.15, 0.2) is 0 Å². The third-order valence-electron chi connectivity index (χ3n) is 3.69. The molecule has 0 saturated heterocycles. The Bertz CT molecular complexity index is 716. The van der Waals surface area contributed by atoms with Gasteiger partial charge in [0, 0.05) is 17.8 Å². The maximum absolute atomic E-state index is 4.45. The predicted molar refractivity (Wildman–Crippen MR) is 85.0 cm³/mol. The van der Waals surface area contributed by atoms with Crippen molar-refractivity contribution in [1.29, 1.82) is 0 Å².